The summed E-state index contributed by atoms with van der Waals surface area (Å²) < 4.78 is 0. The molecule has 1 aromatic heterocycles. The van der Waals surface area contributed by atoms with E-state index in [4.69, 9.17) is 39.5 Å². The fourth-order valence-corrected chi connectivity index (χ4v) is 3.17. The van der Waals surface area contributed by atoms with Crippen LogP contribution < -0.4 is 16.0 Å². The lowest BCUT2D eigenvalue weighted by molar-refractivity contribution is -0.410. The normalized spacial score (nSPS) is 9.96. The average molecular weight is 393 g/mol. The number of nitrogen functional groups attached to an aromatic ring is 1. The highest BCUT2D eigenvalue weighted by Gasteiger charge is 2.17. The smallest absolute Gasteiger partial charge is 0.289 e. The third kappa shape index (κ3) is 4.34. The zero-order valence-corrected chi connectivity index (χ0v) is 15.3. The Morgan fingerprint density at radius 2 is 2.00 bits per heavy atom. The Morgan fingerprint density at radius 1 is 1.32 bits per heavy atom. The lowest BCUT2D eigenvalue weighted by Gasteiger charge is -2.11. The standard InChI is InChI=1S/C16H11Cl2N5OS/c1-8-2-3-11(17)14(13(8)18)22-12(24)7-25-16-10(6-20)4-9(5-19)15(21)23-16/h2-4H,7H2,1H3,(H2,21,23)(H,22,24)/p+1. The van der Waals surface area contributed by atoms with E-state index in [2.05, 4.69) is 10.3 Å². The summed E-state index contributed by atoms with van der Waals surface area (Å²) in [6.07, 6.45) is 0. The summed E-state index contributed by atoms with van der Waals surface area (Å²) in [7, 11) is 0. The maximum absolute atomic E-state index is 12.2. The molecular formula is C16H12Cl2N5OS+. The molecule has 6 nitrogen and oxygen atoms in total. The molecule has 0 aliphatic heterocycles. The molecule has 1 aromatic carbocycles. The lowest BCUT2D eigenvalue weighted by atomic mass is 10.2. The van der Waals surface area contributed by atoms with Crippen molar-refractivity contribution in [3.63, 3.8) is 0 Å². The molecule has 9 heteroatoms. The summed E-state index contributed by atoms with van der Waals surface area (Å²) in [4.78, 5) is 14.9. The summed E-state index contributed by atoms with van der Waals surface area (Å²) in [6, 6.07) is 8.63. The monoisotopic (exact) mass is 392 g/mol. The van der Waals surface area contributed by atoms with Gasteiger partial charge in [-0.2, -0.15) is 10.5 Å². The van der Waals surface area contributed by atoms with Crippen molar-refractivity contribution >= 4 is 52.4 Å². The van der Waals surface area contributed by atoms with Crippen LogP contribution in [0.25, 0.3) is 0 Å². The Bertz CT molecular complexity index is 934. The zero-order valence-electron chi connectivity index (χ0n) is 13.0. The first-order chi connectivity index (χ1) is 11.9. The van der Waals surface area contributed by atoms with Gasteiger partial charge >= 0.3 is 0 Å². The van der Waals surface area contributed by atoms with Crippen molar-refractivity contribution in [2.75, 3.05) is 16.8 Å². The van der Waals surface area contributed by atoms with Gasteiger partial charge in [0.05, 0.1) is 21.5 Å². The third-order valence-corrected chi connectivity index (χ3v) is 5.03. The number of aryl methyl sites for hydroxylation is 1. The maximum atomic E-state index is 12.2. The second-order valence-corrected chi connectivity index (χ2v) is 6.72. The van der Waals surface area contributed by atoms with E-state index in [-0.39, 0.29) is 28.6 Å². The highest BCUT2D eigenvalue weighted by molar-refractivity contribution is 7.99. The number of nitrogens with zero attached hydrogens (tertiary/aromatic N) is 2. The third-order valence-electron chi connectivity index (χ3n) is 3.21. The molecule has 0 bridgehead atoms. The van der Waals surface area contributed by atoms with Gasteiger partial charge in [0.2, 0.25) is 5.91 Å². The number of hydrogen-bond acceptors (Lipinski definition) is 5. The summed E-state index contributed by atoms with van der Waals surface area (Å²) in [6.45, 7) is 1.80. The predicted molar refractivity (Wildman–Crippen MR) is 97.4 cm³/mol. The van der Waals surface area contributed by atoms with Crippen LogP contribution in [0.4, 0.5) is 11.5 Å². The van der Waals surface area contributed by atoms with Crippen LogP contribution in [0, 0.1) is 29.6 Å². The fraction of sp³-hybridized carbons (Fsp3) is 0.125. The number of amides is 1. The summed E-state index contributed by atoms with van der Waals surface area (Å²) >= 11 is 13.3. The minimum Gasteiger partial charge on any atom is -0.323 e. The van der Waals surface area contributed by atoms with E-state index < -0.39 is 0 Å². The number of anilines is 2. The number of aromatic nitrogens is 1. The number of rotatable bonds is 4. The summed E-state index contributed by atoms with van der Waals surface area (Å²) in [5, 5.41) is 21.9. The first kappa shape index (κ1) is 18.9. The number of thioether (sulfide) groups is 1. The van der Waals surface area contributed by atoms with Crippen molar-refractivity contribution in [1.82, 2.24) is 0 Å². The lowest BCUT2D eigenvalue weighted by Crippen LogP contribution is -2.20. The van der Waals surface area contributed by atoms with Gasteiger partial charge in [0.15, 0.2) is 5.03 Å². The van der Waals surface area contributed by atoms with Crippen molar-refractivity contribution in [1.29, 1.82) is 10.5 Å². The molecule has 4 N–H and O–H groups in total. The Labute approximate surface area is 158 Å². The number of nitrogens with two attached hydrogens (primary N) is 1. The van der Waals surface area contributed by atoms with E-state index in [1.165, 1.54) is 6.07 Å². The first-order valence-corrected chi connectivity index (χ1v) is 8.64. The van der Waals surface area contributed by atoms with Crippen LogP contribution in [0.2, 0.25) is 10.0 Å². The number of nitrogens with one attached hydrogen (secondary N) is 2. The SMILES string of the molecule is Cc1ccc(Cl)c(NC(=O)CSc2[nH+]c(N)c(C#N)cc2C#N)c1Cl. The van der Waals surface area contributed by atoms with Crippen LogP contribution in [0.5, 0.6) is 0 Å². The molecule has 2 aromatic rings. The van der Waals surface area contributed by atoms with Gasteiger partial charge in [0.1, 0.15) is 23.3 Å². The number of pyridine rings is 1. The number of carbonyl (C=O) groups is 1. The second kappa shape index (κ2) is 8.09. The molecular weight excluding hydrogens is 381 g/mol. The molecule has 0 saturated carbocycles. The van der Waals surface area contributed by atoms with Gasteiger partial charge in [-0.15, -0.1) is 0 Å². The zero-order chi connectivity index (χ0) is 18.6. The van der Waals surface area contributed by atoms with Crippen molar-refractivity contribution < 1.29 is 9.78 Å². The van der Waals surface area contributed by atoms with Crippen molar-refractivity contribution in [3.05, 3.63) is 44.9 Å². The molecule has 0 radical (unpaired) electrons. The number of aromatic amines is 1. The highest BCUT2D eigenvalue weighted by atomic mass is 35.5. The Hall–Kier alpha value is -2.45. The highest BCUT2D eigenvalue weighted by Crippen LogP contribution is 2.33. The van der Waals surface area contributed by atoms with Gasteiger partial charge in [-0.3, -0.25) is 10.5 Å². The van der Waals surface area contributed by atoms with E-state index in [1.54, 1.807) is 19.1 Å². The molecule has 0 aliphatic carbocycles. The Morgan fingerprint density at radius 3 is 2.64 bits per heavy atom. The number of nitriles is 2. The molecule has 0 spiro atoms. The summed E-state index contributed by atoms with van der Waals surface area (Å²) in [5.41, 5.74) is 7.24. The van der Waals surface area contributed by atoms with Crippen LogP contribution in [0.15, 0.2) is 23.2 Å². The van der Waals surface area contributed by atoms with Crippen LogP contribution >= 0.6 is 35.0 Å². The second-order valence-electron chi connectivity index (χ2n) is 4.95. The largest absolute Gasteiger partial charge is 0.323 e. The van der Waals surface area contributed by atoms with Gasteiger partial charge in [-0.05, 0) is 24.6 Å². The minimum absolute atomic E-state index is 0.00286. The Kier molecular flexibility index (Phi) is 6.11. The van der Waals surface area contributed by atoms with Gasteiger partial charge in [0, 0.05) is 0 Å². The quantitative estimate of drug-likeness (QED) is 0.774. The van der Waals surface area contributed by atoms with Crippen molar-refractivity contribution in [2.24, 2.45) is 0 Å². The molecule has 2 rings (SSSR count). The minimum atomic E-state index is -0.348. The van der Waals surface area contributed by atoms with E-state index in [9.17, 15) is 4.79 Å². The molecule has 0 fully saturated rings. The molecule has 1 amide bonds. The fourth-order valence-electron chi connectivity index (χ4n) is 1.92. The van der Waals surface area contributed by atoms with E-state index in [0.29, 0.717) is 20.8 Å². The molecule has 0 unspecified atom stereocenters. The van der Waals surface area contributed by atoms with Crippen LogP contribution in [-0.2, 0) is 4.79 Å². The van der Waals surface area contributed by atoms with E-state index in [1.807, 2.05) is 12.1 Å². The van der Waals surface area contributed by atoms with Crippen LogP contribution in [0.3, 0.4) is 0 Å². The molecule has 0 atom stereocenters. The van der Waals surface area contributed by atoms with Gasteiger partial charge in [0.25, 0.3) is 5.82 Å². The van der Waals surface area contributed by atoms with Crippen molar-refractivity contribution in [3.8, 4) is 12.1 Å². The number of H-pyrrole nitrogens is 1. The number of benzene rings is 1. The maximum Gasteiger partial charge on any atom is 0.289 e. The van der Waals surface area contributed by atoms with Crippen LogP contribution in [0.1, 0.15) is 16.7 Å². The number of halogens is 2. The molecule has 0 aliphatic rings. The number of hydrogen-bond donors (Lipinski definition) is 2. The topological polar surface area (TPSA) is 117 Å². The molecule has 1 heterocycles. The number of carbonyl (C=O) groups excluding carboxylic acids is 1. The molecule has 126 valence electrons. The Balaban J connectivity index is 2.14. The van der Waals surface area contributed by atoms with Gasteiger partial charge in [-0.25, -0.2) is 4.98 Å². The van der Waals surface area contributed by atoms with Crippen LogP contribution in [-0.4, -0.2) is 11.7 Å². The summed E-state index contributed by atoms with van der Waals surface area (Å²) in [5.74, 6) is -0.217. The van der Waals surface area contributed by atoms with E-state index >= 15 is 0 Å². The predicted octanol–water partition coefficient (Wildman–Crippen LogP) is 3.17. The van der Waals surface area contributed by atoms with Gasteiger partial charge in [-0.1, -0.05) is 41.0 Å². The average Bonchev–Trinajstić information content (AvgIpc) is 2.60. The van der Waals surface area contributed by atoms with Gasteiger partial charge < -0.3 is 5.32 Å². The van der Waals surface area contributed by atoms with E-state index in [0.717, 1.165) is 17.3 Å². The van der Waals surface area contributed by atoms with Crippen molar-refractivity contribution in [2.45, 2.75) is 11.9 Å². The molecule has 0 saturated heterocycles. The molecule has 25 heavy (non-hydrogen) atoms. The first-order valence-electron chi connectivity index (χ1n) is 6.90.